The lowest BCUT2D eigenvalue weighted by molar-refractivity contribution is 0.0303. The molecule has 5 rings (SSSR count). The molecule has 1 aliphatic heterocycles. The molecule has 0 unspecified atom stereocenters. The van der Waals surface area contributed by atoms with E-state index < -0.39 is 0 Å². The van der Waals surface area contributed by atoms with Gasteiger partial charge >= 0.3 is 0 Å². The van der Waals surface area contributed by atoms with Crippen LogP contribution < -0.4 is 0 Å². The number of fused-ring (bicyclic) bond motifs is 1. The molecule has 7 heteroatoms. The molecule has 2 aromatic carbocycles. The molecule has 0 radical (unpaired) electrons. The number of hydrogen-bond donors (Lipinski definition) is 0. The second kappa shape index (κ2) is 7.92. The number of nitrogens with zero attached hydrogens (tertiary/aromatic N) is 4. The van der Waals surface area contributed by atoms with E-state index in [2.05, 4.69) is 9.97 Å². The number of aryl methyl sites for hydroxylation is 1. The van der Waals surface area contributed by atoms with E-state index in [-0.39, 0.29) is 11.7 Å². The fourth-order valence-electron chi connectivity index (χ4n) is 3.92. The van der Waals surface area contributed by atoms with Gasteiger partial charge in [0.15, 0.2) is 0 Å². The summed E-state index contributed by atoms with van der Waals surface area (Å²) in [5.41, 5.74) is 3.60. The minimum absolute atomic E-state index is 0.00794. The van der Waals surface area contributed by atoms with E-state index in [1.807, 2.05) is 40.8 Å². The number of carbonyl (C=O) groups excluding carboxylic acids is 1. The second-order valence-electron chi connectivity index (χ2n) is 7.57. The fourth-order valence-corrected chi connectivity index (χ4v) is 3.92. The molecule has 4 aromatic rings. The van der Waals surface area contributed by atoms with E-state index in [1.54, 1.807) is 30.6 Å². The molecule has 0 atom stereocenters. The molecule has 2 aromatic heterocycles. The predicted molar refractivity (Wildman–Crippen MR) is 116 cm³/mol. The number of amides is 1. The highest BCUT2D eigenvalue weighted by molar-refractivity contribution is 5.99. The third-order valence-electron chi connectivity index (χ3n) is 5.59. The van der Waals surface area contributed by atoms with Gasteiger partial charge < -0.3 is 9.64 Å². The van der Waals surface area contributed by atoms with Gasteiger partial charge in [-0.25, -0.2) is 14.4 Å². The van der Waals surface area contributed by atoms with Gasteiger partial charge in [-0.3, -0.25) is 9.36 Å². The molecule has 1 amide bonds. The van der Waals surface area contributed by atoms with Crippen molar-refractivity contribution in [1.82, 2.24) is 19.4 Å². The molecule has 0 spiro atoms. The van der Waals surface area contributed by atoms with Crippen LogP contribution in [0, 0.1) is 12.7 Å². The minimum Gasteiger partial charge on any atom is -0.378 e. The van der Waals surface area contributed by atoms with Crippen molar-refractivity contribution in [3.8, 4) is 17.1 Å². The van der Waals surface area contributed by atoms with Crippen molar-refractivity contribution in [2.75, 3.05) is 26.3 Å². The summed E-state index contributed by atoms with van der Waals surface area (Å²) in [6, 6.07) is 12.3. The maximum Gasteiger partial charge on any atom is 0.254 e. The topological polar surface area (TPSA) is 60.2 Å². The molecule has 156 valence electrons. The Kier molecular flexibility index (Phi) is 4.95. The first-order chi connectivity index (χ1) is 15.1. The number of halogens is 1. The lowest BCUT2D eigenvalue weighted by Gasteiger charge is -2.26. The van der Waals surface area contributed by atoms with Crippen LogP contribution in [-0.4, -0.2) is 51.6 Å². The summed E-state index contributed by atoms with van der Waals surface area (Å²) < 4.78 is 21.3. The van der Waals surface area contributed by atoms with Crippen LogP contribution in [0.25, 0.3) is 28.0 Å². The first-order valence-corrected chi connectivity index (χ1v) is 10.2. The van der Waals surface area contributed by atoms with Gasteiger partial charge in [-0.05, 0) is 30.7 Å². The summed E-state index contributed by atoms with van der Waals surface area (Å²) in [5.74, 6) is 0.146. The smallest absolute Gasteiger partial charge is 0.254 e. The third-order valence-corrected chi connectivity index (χ3v) is 5.59. The first kappa shape index (κ1) is 19.4. The zero-order valence-corrected chi connectivity index (χ0v) is 17.1. The van der Waals surface area contributed by atoms with Crippen molar-refractivity contribution >= 4 is 16.8 Å². The number of benzene rings is 2. The van der Waals surface area contributed by atoms with E-state index in [0.717, 1.165) is 16.5 Å². The minimum atomic E-state index is -0.313. The number of carbonyl (C=O) groups is 1. The Hall–Kier alpha value is -3.58. The molecule has 0 aliphatic carbocycles. The maximum absolute atomic E-state index is 14.1. The first-order valence-electron chi connectivity index (χ1n) is 10.2. The van der Waals surface area contributed by atoms with Gasteiger partial charge in [0.05, 0.1) is 18.7 Å². The summed E-state index contributed by atoms with van der Waals surface area (Å²) in [4.78, 5) is 23.7. The Balaban J connectivity index is 1.52. The van der Waals surface area contributed by atoms with Crippen molar-refractivity contribution < 1.29 is 13.9 Å². The highest BCUT2D eigenvalue weighted by atomic mass is 19.1. The van der Waals surface area contributed by atoms with Crippen molar-refractivity contribution in [2.45, 2.75) is 6.92 Å². The molecule has 0 bridgehead atoms. The van der Waals surface area contributed by atoms with E-state index in [1.165, 1.54) is 6.07 Å². The van der Waals surface area contributed by atoms with Crippen LogP contribution in [0.4, 0.5) is 4.39 Å². The van der Waals surface area contributed by atoms with Crippen molar-refractivity contribution in [1.29, 1.82) is 0 Å². The Bertz CT molecular complexity index is 1260. The summed E-state index contributed by atoms with van der Waals surface area (Å²) in [6.45, 7) is 4.32. The van der Waals surface area contributed by atoms with Crippen LogP contribution in [-0.2, 0) is 4.74 Å². The average Bonchev–Trinajstić information content (AvgIpc) is 3.15. The van der Waals surface area contributed by atoms with Gasteiger partial charge in [0.2, 0.25) is 5.95 Å². The van der Waals surface area contributed by atoms with Crippen LogP contribution in [0.5, 0.6) is 0 Å². The van der Waals surface area contributed by atoms with Crippen molar-refractivity contribution in [3.05, 3.63) is 78.0 Å². The van der Waals surface area contributed by atoms with E-state index in [9.17, 15) is 9.18 Å². The third kappa shape index (κ3) is 3.57. The maximum atomic E-state index is 14.1. The van der Waals surface area contributed by atoms with Crippen LogP contribution in [0.2, 0.25) is 0 Å². The molecule has 1 saturated heterocycles. The monoisotopic (exact) mass is 416 g/mol. The van der Waals surface area contributed by atoms with Gasteiger partial charge in [0, 0.05) is 53.8 Å². The summed E-state index contributed by atoms with van der Waals surface area (Å²) in [6.07, 6.45) is 5.18. The zero-order chi connectivity index (χ0) is 21.4. The molecule has 1 aliphatic rings. The van der Waals surface area contributed by atoms with E-state index in [4.69, 9.17) is 4.74 Å². The molecular formula is C24H21FN4O2. The van der Waals surface area contributed by atoms with Crippen LogP contribution in [0.15, 0.2) is 61.1 Å². The number of hydrogen-bond acceptors (Lipinski definition) is 4. The lowest BCUT2D eigenvalue weighted by atomic mass is 10.1. The number of rotatable bonds is 3. The van der Waals surface area contributed by atoms with Crippen molar-refractivity contribution in [3.63, 3.8) is 0 Å². The quantitative estimate of drug-likeness (QED) is 0.506. The van der Waals surface area contributed by atoms with Crippen molar-refractivity contribution in [2.24, 2.45) is 0 Å². The Morgan fingerprint density at radius 2 is 1.81 bits per heavy atom. The second-order valence-corrected chi connectivity index (χ2v) is 7.57. The molecule has 1 fully saturated rings. The number of aromatic nitrogens is 3. The largest absolute Gasteiger partial charge is 0.378 e. The molecule has 0 saturated carbocycles. The normalized spacial score (nSPS) is 14.2. The van der Waals surface area contributed by atoms with Crippen LogP contribution in [0.3, 0.4) is 0 Å². The standard InChI is InChI=1S/C24H21FN4O2/c1-16-15-29(24-26-13-18(14-27-24)20-4-2-3-5-21(20)25)22-12-17(6-7-19(16)22)23(30)28-8-10-31-11-9-28/h2-7,12-15H,8-11H2,1H3. The highest BCUT2D eigenvalue weighted by Gasteiger charge is 2.20. The molecule has 31 heavy (non-hydrogen) atoms. The molecular weight excluding hydrogens is 395 g/mol. The predicted octanol–water partition coefficient (Wildman–Crippen LogP) is 4.01. The van der Waals surface area contributed by atoms with Crippen LogP contribution >= 0.6 is 0 Å². The van der Waals surface area contributed by atoms with Crippen LogP contribution in [0.1, 0.15) is 15.9 Å². The van der Waals surface area contributed by atoms with Gasteiger partial charge in [-0.15, -0.1) is 0 Å². The molecule has 3 heterocycles. The van der Waals surface area contributed by atoms with Gasteiger partial charge in [0.1, 0.15) is 5.82 Å². The van der Waals surface area contributed by atoms with Gasteiger partial charge in [-0.1, -0.05) is 24.3 Å². The SMILES string of the molecule is Cc1cn(-c2ncc(-c3ccccc3F)cn2)c2cc(C(=O)N3CCOCC3)ccc12. The Labute approximate surface area is 178 Å². The van der Waals surface area contributed by atoms with Gasteiger partial charge in [0.25, 0.3) is 5.91 Å². The summed E-state index contributed by atoms with van der Waals surface area (Å²) in [5, 5.41) is 1.03. The number of ether oxygens (including phenoxy) is 1. The van der Waals surface area contributed by atoms with Gasteiger partial charge in [-0.2, -0.15) is 0 Å². The van der Waals surface area contributed by atoms with E-state index >= 15 is 0 Å². The average molecular weight is 416 g/mol. The highest BCUT2D eigenvalue weighted by Crippen LogP contribution is 2.26. The zero-order valence-electron chi connectivity index (χ0n) is 17.1. The lowest BCUT2D eigenvalue weighted by Crippen LogP contribution is -2.40. The van der Waals surface area contributed by atoms with E-state index in [0.29, 0.717) is 48.9 Å². The summed E-state index contributed by atoms with van der Waals surface area (Å²) in [7, 11) is 0. The molecule has 6 nitrogen and oxygen atoms in total. The summed E-state index contributed by atoms with van der Waals surface area (Å²) >= 11 is 0. The number of morpholine rings is 1. The fraction of sp³-hybridized carbons (Fsp3) is 0.208. The molecule has 0 N–H and O–H groups in total. The Morgan fingerprint density at radius 1 is 1.06 bits per heavy atom. The Morgan fingerprint density at radius 3 is 2.55 bits per heavy atom.